The second kappa shape index (κ2) is 5.01. The third-order valence-electron chi connectivity index (χ3n) is 2.77. The van der Waals surface area contributed by atoms with Crippen LogP contribution in [0.5, 0.6) is 5.75 Å². The van der Waals surface area contributed by atoms with Gasteiger partial charge in [0.25, 0.3) is 5.56 Å². The van der Waals surface area contributed by atoms with Gasteiger partial charge >= 0.3 is 0 Å². The molecule has 2 heterocycles. The molecular formula is C13H12N4O2S. The molecule has 1 aromatic carbocycles. The third-order valence-corrected chi connectivity index (χ3v) is 3.83. The summed E-state index contributed by atoms with van der Waals surface area (Å²) in [5, 5.41) is 12.7. The molecular weight excluding hydrogens is 276 g/mol. The first-order chi connectivity index (χ1) is 9.65. The molecule has 6 nitrogen and oxygen atoms in total. The van der Waals surface area contributed by atoms with Crippen LogP contribution in [-0.4, -0.2) is 19.8 Å². The lowest BCUT2D eigenvalue weighted by molar-refractivity contribution is 0.225. The highest BCUT2D eigenvalue weighted by molar-refractivity contribution is 7.16. The van der Waals surface area contributed by atoms with E-state index in [1.54, 1.807) is 6.92 Å². The van der Waals surface area contributed by atoms with Crippen LogP contribution in [0.1, 0.15) is 23.7 Å². The van der Waals surface area contributed by atoms with Gasteiger partial charge in [-0.05, 0) is 26.0 Å². The maximum Gasteiger partial charge on any atom is 0.296 e. The molecule has 0 aliphatic heterocycles. The average Bonchev–Trinajstić information content (AvgIpc) is 2.89. The summed E-state index contributed by atoms with van der Waals surface area (Å²) in [6.45, 7) is 3.50. The molecule has 0 amide bonds. The Morgan fingerprint density at radius 1 is 1.25 bits per heavy atom. The van der Waals surface area contributed by atoms with Crippen LogP contribution in [0.3, 0.4) is 0 Å². The highest BCUT2D eigenvalue weighted by Gasteiger charge is 2.16. The fourth-order valence-corrected chi connectivity index (χ4v) is 2.54. The Kier molecular flexibility index (Phi) is 3.19. The number of benzene rings is 1. The molecule has 0 bridgehead atoms. The molecule has 7 heteroatoms. The van der Waals surface area contributed by atoms with Gasteiger partial charge in [0, 0.05) is 0 Å². The Balaban J connectivity index is 1.94. The number of fused-ring (bicyclic) bond motifs is 1. The van der Waals surface area contributed by atoms with Crippen molar-refractivity contribution >= 4 is 16.3 Å². The molecule has 102 valence electrons. The van der Waals surface area contributed by atoms with Crippen molar-refractivity contribution in [1.82, 2.24) is 19.8 Å². The van der Waals surface area contributed by atoms with Gasteiger partial charge in [-0.1, -0.05) is 29.5 Å². The van der Waals surface area contributed by atoms with Gasteiger partial charge in [0.15, 0.2) is 5.01 Å². The number of ether oxygens (including phenoxy) is 1. The molecule has 0 aliphatic rings. The maximum atomic E-state index is 11.9. The summed E-state index contributed by atoms with van der Waals surface area (Å²) in [4.78, 5) is 12.4. The molecule has 0 saturated heterocycles. The molecule has 0 fully saturated rings. The predicted octanol–water partition coefficient (Wildman–Crippen LogP) is 1.99. The van der Waals surface area contributed by atoms with Gasteiger partial charge in [-0.3, -0.25) is 4.79 Å². The van der Waals surface area contributed by atoms with Crippen molar-refractivity contribution in [3.05, 3.63) is 51.4 Å². The largest absolute Gasteiger partial charge is 0.483 e. The Hall–Kier alpha value is -2.28. The van der Waals surface area contributed by atoms with Crippen LogP contribution in [0.25, 0.3) is 4.96 Å². The van der Waals surface area contributed by atoms with Crippen LogP contribution >= 0.6 is 11.3 Å². The maximum absolute atomic E-state index is 11.9. The number of aryl methyl sites for hydroxylation is 1. The van der Waals surface area contributed by atoms with Crippen LogP contribution in [0.15, 0.2) is 35.1 Å². The van der Waals surface area contributed by atoms with Gasteiger partial charge in [-0.25, -0.2) is 0 Å². The van der Waals surface area contributed by atoms with Crippen LogP contribution in [0.2, 0.25) is 0 Å². The van der Waals surface area contributed by atoms with Gasteiger partial charge in [-0.2, -0.15) is 9.61 Å². The van der Waals surface area contributed by atoms with E-state index in [-0.39, 0.29) is 11.7 Å². The first-order valence-electron chi connectivity index (χ1n) is 6.10. The summed E-state index contributed by atoms with van der Waals surface area (Å²) < 4.78 is 7.06. The highest BCUT2D eigenvalue weighted by Crippen LogP contribution is 2.24. The Morgan fingerprint density at radius 3 is 2.75 bits per heavy atom. The molecule has 3 aromatic rings. The molecule has 20 heavy (non-hydrogen) atoms. The van der Waals surface area contributed by atoms with E-state index in [1.165, 1.54) is 15.9 Å². The molecule has 0 spiro atoms. The van der Waals surface area contributed by atoms with Crippen molar-refractivity contribution < 1.29 is 4.74 Å². The Labute approximate surface area is 118 Å². The summed E-state index contributed by atoms with van der Waals surface area (Å²) in [6, 6.07) is 9.48. The second-order valence-corrected chi connectivity index (χ2v) is 5.29. The van der Waals surface area contributed by atoms with Crippen molar-refractivity contribution in [3.8, 4) is 5.75 Å². The summed E-state index contributed by atoms with van der Waals surface area (Å²) in [7, 11) is 0. The lowest BCUT2D eigenvalue weighted by Gasteiger charge is -2.10. The number of para-hydroxylation sites is 1. The van der Waals surface area contributed by atoms with E-state index in [0.29, 0.717) is 15.7 Å². The number of hydrogen-bond acceptors (Lipinski definition) is 6. The Bertz CT molecular complexity index is 797. The summed E-state index contributed by atoms with van der Waals surface area (Å²) in [6.07, 6.45) is -0.260. The van der Waals surface area contributed by atoms with Crippen molar-refractivity contribution in [2.75, 3.05) is 0 Å². The lowest BCUT2D eigenvalue weighted by atomic mass is 10.3. The van der Waals surface area contributed by atoms with Gasteiger partial charge < -0.3 is 4.74 Å². The quantitative estimate of drug-likeness (QED) is 0.737. The van der Waals surface area contributed by atoms with E-state index in [2.05, 4.69) is 15.3 Å². The van der Waals surface area contributed by atoms with Crippen LogP contribution < -0.4 is 10.3 Å². The SMILES string of the molecule is Cc1nnc2sc([C@@H](C)Oc3ccccc3)nn2c1=O. The number of nitrogens with zero attached hydrogens (tertiary/aromatic N) is 4. The summed E-state index contributed by atoms with van der Waals surface area (Å²) in [5.74, 6) is 0.758. The standard InChI is InChI=1S/C13H12N4O2S/c1-8-12(18)17-13(15-14-8)20-11(16-17)9(2)19-10-6-4-3-5-7-10/h3-7,9H,1-2H3/t9-/m1/s1. The van der Waals surface area contributed by atoms with E-state index in [9.17, 15) is 4.79 Å². The van der Waals surface area contributed by atoms with Gasteiger partial charge in [0.1, 0.15) is 17.5 Å². The smallest absolute Gasteiger partial charge is 0.296 e. The number of aromatic nitrogens is 4. The fourth-order valence-electron chi connectivity index (χ4n) is 1.73. The number of rotatable bonds is 3. The molecule has 0 unspecified atom stereocenters. The van der Waals surface area contributed by atoms with Crippen LogP contribution in [-0.2, 0) is 0 Å². The Morgan fingerprint density at radius 2 is 2.00 bits per heavy atom. The van der Waals surface area contributed by atoms with E-state index in [4.69, 9.17) is 4.74 Å². The second-order valence-electron chi connectivity index (χ2n) is 4.30. The molecule has 0 aliphatic carbocycles. The van der Waals surface area contributed by atoms with Crippen molar-refractivity contribution in [3.63, 3.8) is 0 Å². The zero-order chi connectivity index (χ0) is 14.1. The van der Waals surface area contributed by atoms with Crippen molar-refractivity contribution in [2.45, 2.75) is 20.0 Å². The minimum Gasteiger partial charge on any atom is -0.483 e. The lowest BCUT2D eigenvalue weighted by Crippen LogP contribution is -2.19. The van der Waals surface area contributed by atoms with E-state index >= 15 is 0 Å². The zero-order valence-corrected chi connectivity index (χ0v) is 11.8. The van der Waals surface area contributed by atoms with Crippen LogP contribution in [0, 0.1) is 6.92 Å². The van der Waals surface area contributed by atoms with Crippen molar-refractivity contribution in [1.29, 1.82) is 0 Å². The number of hydrogen-bond donors (Lipinski definition) is 0. The first-order valence-corrected chi connectivity index (χ1v) is 6.91. The van der Waals surface area contributed by atoms with Crippen LogP contribution in [0.4, 0.5) is 0 Å². The van der Waals surface area contributed by atoms with E-state index < -0.39 is 0 Å². The van der Waals surface area contributed by atoms with Gasteiger partial charge in [0.2, 0.25) is 4.96 Å². The highest BCUT2D eigenvalue weighted by atomic mass is 32.1. The molecule has 0 radical (unpaired) electrons. The molecule has 0 saturated carbocycles. The minimum absolute atomic E-state index is 0.246. The predicted molar refractivity (Wildman–Crippen MR) is 75.2 cm³/mol. The van der Waals surface area contributed by atoms with E-state index in [0.717, 1.165) is 5.75 Å². The topological polar surface area (TPSA) is 69.4 Å². The molecule has 0 N–H and O–H groups in total. The summed E-state index contributed by atoms with van der Waals surface area (Å²) >= 11 is 1.30. The van der Waals surface area contributed by atoms with E-state index in [1.807, 2.05) is 37.3 Å². The summed E-state index contributed by atoms with van der Waals surface area (Å²) in [5.41, 5.74) is 0.0837. The average molecular weight is 288 g/mol. The normalized spacial score (nSPS) is 12.5. The van der Waals surface area contributed by atoms with Crippen molar-refractivity contribution in [2.24, 2.45) is 0 Å². The fraction of sp³-hybridized carbons (Fsp3) is 0.231. The minimum atomic E-state index is -0.260. The zero-order valence-electron chi connectivity index (χ0n) is 11.0. The molecule has 2 aromatic heterocycles. The monoisotopic (exact) mass is 288 g/mol. The third kappa shape index (κ3) is 2.27. The molecule has 3 rings (SSSR count). The van der Waals surface area contributed by atoms with Gasteiger partial charge in [0.05, 0.1) is 0 Å². The first kappa shape index (κ1) is 12.7. The molecule has 1 atom stereocenters. The van der Waals surface area contributed by atoms with Gasteiger partial charge in [-0.15, -0.1) is 10.2 Å².